The molecule has 0 aliphatic carbocycles. The first-order chi connectivity index (χ1) is 7.33. The maximum Gasteiger partial charge on any atom is 0.162 e. The number of nitrogens with zero attached hydrogens (tertiary/aromatic N) is 1. The molecule has 1 aromatic heterocycles. The summed E-state index contributed by atoms with van der Waals surface area (Å²) in [6.07, 6.45) is 1.03. The molecule has 0 saturated carbocycles. The van der Waals surface area contributed by atoms with E-state index in [1.165, 1.54) is 5.56 Å². The Labute approximate surface area is 88.3 Å². The molecule has 1 heterocycles. The third-order valence-electron chi connectivity index (χ3n) is 2.37. The van der Waals surface area contributed by atoms with E-state index in [1.54, 1.807) is 6.07 Å². The van der Waals surface area contributed by atoms with Gasteiger partial charge in [0, 0.05) is 11.6 Å². The van der Waals surface area contributed by atoms with Crippen LogP contribution in [0.15, 0.2) is 34.9 Å². The minimum atomic E-state index is -0.111. The second-order valence-corrected chi connectivity index (χ2v) is 3.39. The molecule has 0 bridgehead atoms. The fraction of sp³-hybridized carbons (Fsp3) is 0.250. The molecule has 1 N–H and O–H groups in total. The van der Waals surface area contributed by atoms with Gasteiger partial charge in [0.25, 0.3) is 0 Å². The van der Waals surface area contributed by atoms with Crippen molar-refractivity contribution >= 4 is 0 Å². The zero-order chi connectivity index (χ0) is 10.7. The van der Waals surface area contributed by atoms with Crippen LogP contribution in [0.4, 0.5) is 0 Å². The summed E-state index contributed by atoms with van der Waals surface area (Å²) < 4.78 is 4.92. The third-order valence-corrected chi connectivity index (χ3v) is 2.37. The van der Waals surface area contributed by atoms with E-state index < -0.39 is 0 Å². The molecule has 0 saturated heterocycles. The van der Waals surface area contributed by atoms with E-state index in [2.05, 4.69) is 24.2 Å². The van der Waals surface area contributed by atoms with Gasteiger partial charge in [-0.1, -0.05) is 36.3 Å². The molecular weight excluding hydrogens is 190 g/mol. The predicted molar refractivity (Wildman–Crippen MR) is 57.2 cm³/mol. The Morgan fingerprint density at radius 2 is 2.00 bits per heavy atom. The number of aromatic nitrogens is 1. The van der Waals surface area contributed by atoms with Crippen molar-refractivity contribution in [1.82, 2.24) is 5.16 Å². The van der Waals surface area contributed by atoms with E-state index in [-0.39, 0.29) is 6.61 Å². The zero-order valence-electron chi connectivity index (χ0n) is 8.60. The van der Waals surface area contributed by atoms with Gasteiger partial charge in [0.2, 0.25) is 0 Å². The highest BCUT2D eigenvalue weighted by Crippen LogP contribution is 2.19. The van der Waals surface area contributed by atoms with E-state index in [0.29, 0.717) is 5.76 Å². The van der Waals surface area contributed by atoms with Crippen molar-refractivity contribution in [3.8, 4) is 11.3 Å². The van der Waals surface area contributed by atoms with Crippen LogP contribution in [0, 0.1) is 0 Å². The summed E-state index contributed by atoms with van der Waals surface area (Å²) in [6, 6.07) is 9.92. The number of benzene rings is 1. The van der Waals surface area contributed by atoms with Gasteiger partial charge in [-0.05, 0) is 12.0 Å². The van der Waals surface area contributed by atoms with Gasteiger partial charge in [-0.2, -0.15) is 0 Å². The summed E-state index contributed by atoms with van der Waals surface area (Å²) in [6.45, 7) is 2.01. The lowest BCUT2D eigenvalue weighted by Crippen LogP contribution is -1.81. The third kappa shape index (κ3) is 2.07. The molecule has 0 aliphatic heterocycles. The maximum absolute atomic E-state index is 8.85. The van der Waals surface area contributed by atoms with Crippen molar-refractivity contribution < 1.29 is 9.63 Å². The molecule has 0 spiro atoms. The van der Waals surface area contributed by atoms with Crippen LogP contribution < -0.4 is 0 Å². The highest BCUT2D eigenvalue weighted by molar-refractivity contribution is 5.59. The lowest BCUT2D eigenvalue weighted by molar-refractivity contribution is 0.229. The first kappa shape index (κ1) is 9.93. The van der Waals surface area contributed by atoms with Crippen LogP contribution in [0.3, 0.4) is 0 Å². The lowest BCUT2D eigenvalue weighted by Gasteiger charge is -1.97. The van der Waals surface area contributed by atoms with Crippen molar-refractivity contribution in [2.24, 2.45) is 0 Å². The molecule has 2 aromatic rings. The Morgan fingerprint density at radius 3 is 2.53 bits per heavy atom. The van der Waals surface area contributed by atoms with E-state index in [0.717, 1.165) is 17.7 Å². The molecule has 3 heteroatoms. The van der Waals surface area contributed by atoms with Crippen molar-refractivity contribution in [1.29, 1.82) is 0 Å². The van der Waals surface area contributed by atoms with Gasteiger partial charge in [-0.15, -0.1) is 0 Å². The highest BCUT2D eigenvalue weighted by Gasteiger charge is 2.04. The van der Waals surface area contributed by atoms with Crippen molar-refractivity contribution in [2.75, 3.05) is 0 Å². The second kappa shape index (κ2) is 4.28. The van der Waals surface area contributed by atoms with Crippen molar-refractivity contribution in [3.63, 3.8) is 0 Å². The summed E-state index contributed by atoms with van der Waals surface area (Å²) in [5.41, 5.74) is 3.07. The number of rotatable bonds is 3. The normalized spacial score (nSPS) is 10.5. The summed E-state index contributed by atoms with van der Waals surface area (Å²) in [5, 5.41) is 12.7. The number of hydrogen-bond donors (Lipinski definition) is 1. The molecule has 0 atom stereocenters. The zero-order valence-corrected chi connectivity index (χ0v) is 8.60. The first-order valence-electron chi connectivity index (χ1n) is 4.99. The van der Waals surface area contributed by atoms with E-state index in [1.807, 2.05) is 12.1 Å². The fourth-order valence-corrected chi connectivity index (χ4v) is 1.43. The highest BCUT2D eigenvalue weighted by atomic mass is 16.5. The molecule has 78 valence electrons. The fourth-order valence-electron chi connectivity index (χ4n) is 1.43. The van der Waals surface area contributed by atoms with E-state index in [4.69, 9.17) is 9.63 Å². The number of aliphatic hydroxyl groups is 1. The SMILES string of the molecule is CCc1ccc(-c2cc(CO)on2)cc1. The van der Waals surface area contributed by atoms with Gasteiger partial charge in [-0.3, -0.25) is 0 Å². The van der Waals surface area contributed by atoms with Gasteiger partial charge < -0.3 is 9.63 Å². The minimum absolute atomic E-state index is 0.111. The van der Waals surface area contributed by atoms with Gasteiger partial charge in [-0.25, -0.2) is 0 Å². The molecule has 0 unspecified atom stereocenters. The van der Waals surface area contributed by atoms with Crippen molar-refractivity contribution in [3.05, 3.63) is 41.7 Å². The first-order valence-corrected chi connectivity index (χ1v) is 4.99. The lowest BCUT2D eigenvalue weighted by atomic mass is 10.1. The summed E-state index contributed by atoms with van der Waals surface area (Å²) in [7, 11) is 0. The maximum atomic E-state index is 8.85. The summed E-state index contributed by atoms with van der Waals surface area (Å²) >= 11 is 0. The summed E-state index contributed by atoms with van der Waals surface area (Å²) in [5.74, 6) is 0.490. The van der Waals surface area contributed by atoms with Crippen LogP contribution in [0.5, 0.6) is 0 Å². The Kier molecular flexibility index (Phi) is 2.83. The number of aryl methyl sites for hydroxylation is 1. The Hall–Kier alpha value is -1.61. The quantitative estimate of drug-likeness (QED) is 0.833. The second-order valence-electron chi connectivity index (χ2n) is 3.39. The van der Waals surface area contributed by atoms with Crippen LogP contribution >= 0.6 is 0 Å². The van der Waals surface area contributed by atoms with Crippen LogP contribution in [0.1, 0.15) is 18.2 Å². The Balaban J connectivity index is 2.28. The smallest absolute Gasteiger partial charge is 0.162 e. The Bertz CT molecular complexity index is 431. The van der Waals surface area contributed by atoms with E-state index in [9.17, 15) is 0 Å². The van der Waals surface area contributed by atoms with E-state index >= 15 is 0 Å². The molecule has 15 heavy (non-hydrogen) atoms. The molecule has 1 aromatic carbocycles. The molecule has 0 amide bonds. The topological polar surface area (TPSA) is 46.3 Å². The average molecular weight is 203 g/mol. The van der Waals surface area contributed by atoms with Gasteiger partial charge >= 0.3 is 0 Å². The monoisotopic (exact) mass is 203 g/mol. The number of aliphatic hydroxyl groups excluding tert-OH is 1. The minimum Gasteiger partial charge on any atom is -0.388 e. The molecule has 0 radical (unpaired) electrons. The number of hydrogen-bond acceptors (Lipinski definition) is 3. The van der Waals surface area contributed by atoms with Crippen LogP contribution in [-0.4, -0.2) is 10.3 Å². The summed E-state index contributed by atoms with van der Waals surface area (Å²) in [4.78, 5) is 0. The van der Waals surface area contributed by atoms with Crippen LogP contribution in [-0.2, 0) is 13.0 Å². The Morgan fingerprint density at radius 1 is 1.27 bits per heavy atom. The average Bonchev–Trinajstić information content (AvgIpc) is 2.78. The van der Waals surface area contributed by atoms with Gasteiger partial charge in [0.05, 0.1) is 0 Å². The van der Waals surface area contributed by atoms with Crippen LogP contribution in [0.25, 0.3) is 11.3 Å². The van der Waals surface area contributed by atoms with Crippen molar-refractivity contribution in [2.45, 2.75) is 20.0 Å². The predicted octanol–water partition coefficient (Wildman–Crippen LogP) is 2.40. The van der Waals surface area contributed by atoms with Gasteiger partial charge in [0.15, 0.2) is 5.76 Å². The van der Waals surface area contributed by atoms with Gasteiger partial charge in [0.1, 0.15) is 12.3 Å². The van der Waals surface area contributed by atoms with Crippen LogP contribution in [0.2, 0.25) is 0 Å². The molecular formula is C12H13NO2. The molecule has 0 aliphatic rings. The largest absolute Gasteiger partial charge is 0.388 e. The molecule has 3 nitrogen and oxygen atoms in total. The standard InChI is InChI=1S/C12H13NO2/c1-2-9-3-5-10(6-4-9)12-7-11(8-14)15-13-12/h3-7,14H,2,8H2,1H3. The molecule has 2 rings (SSSR count). The molecule has 0 fully saturated rings.